The van der Waals surface area contributed by atoms with Crippen LogP contribution >= 0.6 is 31.9 Å². The smallest absolute Gasteiger partial charge is 0.264 e. The van der Waals surface area contributed by atoms with Gasteiger partial charge in [0.25, 0.3) is 10.0 Å². The average molecular weight is 691 g/mol. The van der Waals surface area contributed by atoms with Crippen molar-refractivity contribution in [3.8, 4) is 0 Å². The van der Waals surface area contributed by atoms with Crippen LogP contribution in [-0.2, 0) is 26.2 Å². The molecule has 1 saturated carbocycles. The van der Waals surface area contributed by atoms with Crippen molar-refractivity contribution in [1.29, 1.82) is 0 Å². The number of amides is 2. The average Bonchev–Trinajstić information content (AvgIpc) is 2.95. The van der Waals surface area contributed by atoms with Crippen molar-refractivity contribution in [2.45, 2.75) is 62.6 Å². The first-order valence-corrected chi connectivity index (χ1v) is 16.4. The molecule has 1 aliphatic rings. The Kier molecular flexibility index (Phi) is 10.4. The molecule has 40 heavy (non-hydrogen) atoms. The zero-order valence-electron chi connectivity index (χ0n) is 22.3. The van der Waals surface area contributed by atoms with Crippen LogP contribution < -0.4 is 9.62 Å². The molecule has 3 aromatic carbocycles. The maximum Gasteiger partial charge on any atom is 0.264 e. The van der Waals surface area contributed by atoms with Gasteiger partial charge in [-0.1, -0.05) is 81.5 Å². The van der Waals surface area contributed by atoms with Gasteiger partial charge in [0.1, 0.15) is 12.6 Å². The third-order valence-corrected chi connectivity index (χ3v) is 9.90. The second-order valence-electron chi connectivity index (χ2n) is 9.97. The number of anilines is 1. The largest absolute Gasteiger partial charge is 0.352 e. The van der Waals surface area contributed by atoms with E-state index in [2.05, 4.69) is 37.2 Å². The van der Waals surface area contributed by atoms with E-state index in [4.69, 9.17) is 0 Å². The second-order valence-corrected chi connectivity index (χ2v) is 13.7. The highest BCUT2D eigenvalue weighted by Crippen LogP contribution is 2.26. The van der Waals surface area contributed by atoms with E-state index in [9.17, 15) is 18.0 Å². The van der Waals surface area contributed by atoms with E-state index < -0.39 is 28.5 Å². The number of hydrogen-bond donors (Lipinski definition) is 1. The summed E-state index contributed by atoms with van der Waals surface area (Å²) in [6, 6.07) is 21.6. The maximum atomic E-state index is 14.0. The van der Waals surface area contributed by atoms with Crippen LogP contribution in [0.4, 0.5) is 5.69 Å². The molecule has 7 nitrogen and oxygen atoms in total. The van der Waals surface area contributed by atoms with Gasteiger partial charge in [0.15, 0.2) is 0 Å². The molecule has 0 bridgehead atoms. The predicted molar refractivity (Wildman–Crippen MR) is 164 cm³/mol. The first-order valence-electron chi connectivity index (χ1n) is 13.3. The normalized spacial score (nSPS) is 14.8. The molecular weight excluding hydrogens is 658 g/mol. The van der Waals surface area contributed by atoms with Gasteiger partial charge in [-0.15, -0.1) is 0 Å². The van der Waals surface area contributed by atoms with E-state index in [-0.39, 0.29) is 23.4 Å². The topological polar surface area (TPSA) is 86.8 Å². The molecule has 0 saturated heterocycles. The number of hydrogen-bond acceptors (Lipinski definition) is 4. The minimum absolute atomic E-state index is 0.0762. The van der Waals surface area contributed by atoms with Gasteiger partial charge >= 0.3 is 0 Å². The summed E-state index contributed by atoms with van der Waals surface area (Å²) in [6.45, 7) is 1.38. The van der Waals surface area contributed by atoms with Crippen molar-refractivity contribution < 1.29 is 18.0 Å². The molecule has 0 heterocycles. The third kappa shape index (κ3) is 7.73. The van der Waals surface area contributed by atoms with Crippen LogP contribution in [0, 0.1) is 0 Å². The van der Waals surface area contributed by atoms with E-state index >= 15 is 0 Å². The molecule has 1 fully saturated rings. The zero-order chi connectivity index (χ0) is 28.7. The first kappa shape index (κ1) is 30.3. The molecule has 2 amide bonds. The summed E-state index contributed by atoms with van der Waals surface area (Å²) in [7, 11) is -4.08. The molecule has 10 heteroatoms. The molecule has 1 atom stereocenters. The number of halogens is 2. The predicted octanol–water partition coefficient (Wildman–Crippen LogP) is 6.27. The van der Waals surface area contributed by atoms with E-state index in [0.717, 1.165) is 50.9 Å². The number of nitrogens with one attached hydrogen (secondary N) is 1. The molecule has 0 aliphatic heterocycles. The van der Waals surface area contributed by atoms with Crippen molar-refractivity contribution in [1.82, 2.24) is 10.2 Å². The molecule has 1 N–H and O–H groups in total. The standard InChI is InChI=1S/C30H33Br2N3O4S/c1-22(30(37)33-26-11-4-2-5-12-26)34(20-23-9-8-10-25(32)19-23)29(36)21-35(27-17-15-24(31)16-18-27)40(38,39)28-13-6-3-7-14-28/h3,6-10,13-19,22,26H,2,4-5,11-12,20-21H2,1H3,(H,33,37). The summed E-state index contributed by atoms with van der Waals surface area (Å²) in [5.41, 5.74) is 1.17. The summed E-state index contributed by atoms with van der Waals surface area (Å²) in [5.74, 6) is -0.718. The molecular formula is C30H33Br2N3O4S. The molecule has 3 aromatic rings. The van der Waals surface area contributed by atoms with Gasteiger partial charge in [-0.25, -0.2) is 8.42 Å². The molecule has 4 rings (SSSR count). The van der Waals surface area contributed by atoms with Gasteiger partial charge in [-0.2, -0.15) is 0 Å². The molecule has 0 aromatic heterocycles. The van der Waals surface area contributed by atoms with E-state index in [0.29, 0.717) is 5.69 Å². The number of carbonyl (C=O) groups excluding carboxylic acids is 2. The van der Waals surface area contributed by atoms with E-state index in [1.165, 1.54) is 17.0 Å². The van der Waals surface area contributed by atoms with E-state index in [1.807, 2.05) is 24.3 Å². The fourth-order valence-corrected chi connectivity index (χ4v) is 6.99. The summed E-state index contributed by atoms with van der Waals surface area (Å²) in [4.78, 5) is 28.9. The molecule has 1 aliphatic carbocycles. The fourth-order valence-electron chi connectivity index (χ4n) is 4.84. The molecule has 0 spiro atoms. The van der Waals surface area contributed by atoms with Crippen molar-refractivity contribution in [2.24, 2.45) is 0 Å². The Morgan fingerprint density at radius 3 is 2.23 bits per heavy atom. The number of nitrogens with zero attached hydrogens (tertiary/aromatic N) is 2. The number of rotatable bonds is 10. The molecule has 212 valence electrons. The number of sulfonamides is 1. The lowest BCUT2D eigenvalue weighted by molar-refractivity contribution is -0.139. The lowest BCUT2D eigenvalue weighted by Gasteiger charge is -2.33. The summed E-state index contributed by atoms with van der Waals surface area (Å²) in [5, 5.41) is 3.12. The summed E-state index contributed by atoms with van der Waals surface area (Å²) < 4.78 is 30.3. The Morgan fingerprint density at radius 2 is 1.57 bits per heavy atom. The Bertz CT molecular complexity index is 1410. The first-order chi connectivity index (χ1) is 19.1. The van der Waals surface area contributed by atoms with Crippen LogP contribution in [0.5, 0.6) is 0 Å². The van der Waals surface area contributed by atoms with Gasteiger partial charge in [-0.05, 0) is 73.9 Å². The maximum absolute atomic E-state index is 14.0. The van der Waals surface area contributed by atoms with Crippen LogP contribution in [-0.4, -0.2) is 43.8 Å². The summed E-state index contributed by atoms with van der Waals surface area (Å²) >= 11 is 6.87. The van der Waals surface area contributed by atoms with Crippen LogP contribution in [0.25, 0.3) is 0 Å². The highest BCUT2D eigenvalue weighted by molar-refractivity contribution is 9.10. The monoisotopic (exact) mass is 689 g/mol. The summed E-state index contributed by atoms with van der Waals surface area (Å²) in [6.07, 6.45) is 5.14. The van der Waals surface area contributed by atoms with Crippen LogP contribution in [0.15, 0.2) is 92.7 Å². The minimum atomic E-state index is -4.08. The minimum Gasteiger partial charge on any atom is -0.352 e. The van der Waals surface area contributed by atoms with Crippen molar-refractivity contribution in [3.63, 3.8) is 0 Å². The van der Waals surface area contributed by atoms with Crippen LogP contribution in [0.1, 0.15) is 44.6 Å². The third-order valence-electron chi connectivity index (χ3n) is 7.09. The molecule has 1 unspecified atom stereocenters. The molecule has 0 radical (unpaired) electrons. The number of benzene rings is 3. The highest BCUT2D eigenvalue weighted by atomic mass is 79.9. The van der Waals surface area contributed by atoms with Gasteiger partial charge in [-0.3, -0.25) is 13.9 Å². The Balaban J connectivity index is 1.66. The van der Waals surface area contributed by atoms with Gasteiger partial charge in [0, 0.05) is 21.5 Å². The second kappa shape index (κ2) is 13.8. The SMILES string of the molecule is CC(C(=O)NC1CCCCC1)N(Cc1cccc(Br)c1)C(=O)CN(c1ccc(Br)cc1)S(=O)(=O)c1ccccc1. The van der Waals surface area contributed by atoms with E-state index in [1.54, 1.807) is 49.4 Å². The van der Waals surface area contributed by atoms with Gasteiger partial charge in [0.05, 0.1) is 10.6 Å². The van der Waals surface area contributed by atoms with Gasteiger partial charge in [0.2, 0.25) is 11.8 Å². The van der Waals surface area contributed by atoms with Crippen molar-refractivity contribution >= 4 is 59.4 Å². The van der Waals surface area contributed by atoms with Crippen molar-refractivity contribution in [2.75, 3.05) is 10.8 Å². The van der Waals surface area contributed by atoms with Crippen LogP contribution in [0.3, 0.4) is 0 Å². The van der Waals surface area contributed by atoms with Crippen molar-refractivity contribution in [3.05, 3.63) is 93.4 Å². The van der Waals surface area contributed by atoms with Crippen LogP contribution in [0.2, 0.25) is 0 Å². The Morgan fingerprint density at radius 1 is 0.900 bits per heavy atom. The quantitative estimate of drug-likeness (QED) is 0.272. The zero-order valence-corrected chi connectivity index (χ0v) is 26.3. The fraction of sp³-hybridized carbons (Fsp3) is 0.333. The Hall–Kier alpha value is -2.69. The lowest BCUT2D eigenvalue weighted by atomic mass is 9.95. The lowest BCUT2D eigenvalue weighted by Crippen LogP contribution is -2.53. The van der Waals surface area contributed by atoms with Gasteiger partial charge < -0.3 is 10.2 Å². The highest BCUT2D eigenvalue weighted by Gasteiger charge is 2.33. The Labute approximate surface area is 253 Å². The number of carbonyl (C=O) groups is 2.